The molecule has 1 saturated heterocycles. The maximum Gasteiger partial charge on any atom is 0.394 e. The normalized spacial score (nSPS) is 18.1. The van der Waals surface area contributed by atoms with E-state index in [2.05, 4.69) is 10.6 Å². The Morgan fingerprint density at radius 2 is 1.82 bits per heavy atom. The molecule has 0 aromatic heterocycles. The first-order chi connectivity index (χ1) is 4.93. The van der Waals surface area contributed by atoms with Gasteiger partial charge in [-0.25, -0.2) is 0 Å². The lowest BCUT2D eigenvalue weighted by atomic mass is 10.2. The zero-order chi connectivity index (χ0) is 8.91. The Morgan fingerprint density at radius 1 is 1.45 bits per heavy atom. The van der Waals surface area contributed by atoms with Crippen molar-refractivity contribution < 1.29 is 17.5 Å². The van der Waals surface area contributed by atoms with Crippen LogP contribution in [0, 0.1) is 0 Å². The van der Waals surface area contributed by atoms with Crippen LogP contribution >= 0.6 is 0 Å². The van der Waals surface area contributed by atoms with Gasteiger partial charge < -0.3 is 10.6 Å². The molecule has 1 heterocycles. The van der Waals surface area contributed by atoms with E-state index in [1.54, 1.807) is 0 Å². The van der Waals surface area contributed by atoms with Crippen molar-refractivity contribution in [3.05, 3.63) is 0 Å². The highest BCUT2D eigenvalue weighted by Crippen LogP contribution is 1.85. The van der Waals surface area contributed by atoms with Crippen molar-refractivity contribution >= 4 is 10.4 Å². The fourth-order valence-electron chi connectivity index (χ4n) is 0.493. The van der Waals surface area contributed by atoms with Gasteiger partial charge in [-0.3, -0.25) is 9.11 Å². The third kappa shape index (κ3) is 9.79. The summed E-state index contributed by atoms with van der Waals surface area (Å²) in [5.41, 5.74) is 0. The quantitative estimate of drug-likeness (QED) is 0.371. The zero-order valence-corrected chi connectivity index (χ0v) is 6.93. The molecule has 0 aromatic carbocycles. The summed E-state index contributed by atoms with van der Waals surface area (Å²) >= 11 is 0. The minimum absolute atomic E-state index is 0.755. The van der Waals surface area contributed by atoms with Crippen molar-refractivity contribution in [3.8, 4) is 0 Å². The molecule has 6 nitrogen and oxygen atoms in total. The van der Waals surface area contributed by atoms with Gasteiger partial charge in [0.25, 0.3) is 0 Å². The molecular formula is C4H12N2O4S. The Kier molecular flexibility index (Phi) is 4.54. The summed E-state index contributed by atoms with van der Waals surface area (Å²) in [6.07, 6.45) is 0. The summed E-state index contributed by atoms with van der Waals surface area (Å²) in [6.45, 7) is 2.30. The monoisotopic (exact) mass is 184 g/mol. The third-order valence-corrected chi connectivity index (χ3v) is 1.19. The van der Waals surface area contributed by atoms with Crippen LogP contribution in [0.25, 0.3) is 0 Å². The molecule has 0 atom stereocenters. The summed E-state index contributed by atoms with van der Waals surface area (Å²) in [5.74, 6) is 0. The molecule has 1 fully saturated rings. The van der Waals surface area contributed by atoms with E-state index < -0.39 is 10.4 Å². The van der Waals surface area contributed by atoms with E-state index in [1.165, 1.54) is 0 Å². The van der Waals surface area contributed by atoms with E-state index in [4.69, 9.17) is 17.5 Å². The van der Waals surface area contributed by atoms with Gasteiger partial charge in [0.15, 0.2) is 0 Å². The molecule has 11 heavy (non-hydrogen) atoms. The summed E-state index contributed by atoms with van der Waals surface area (Å²) < 4.78 is 31.6. The minimum Gasteiger partial charge on any atom is -0.315 e. The van der Waals surface area contributed by atoms with Gasteiger partial charge in [0.1, 0.15) is 0 Å². The van der Waals surface area contributed by atoms with Crippen molar-refractivity contribution in [1.29, 1.82) is 0 Å². The highest BCUT2D eigenvalue weighted by molar-refractivity contribution is 7.79. The summed E-state index contributed by atoms with van der Waals surface area (Å²) in [4.78, 5) is 0. The van der Waals surface area contributed by atoms with Crippen LogP contribution in [0.2, 0.25) is 0 Å². The minimum atomic E-state index is -4.67. The molecule has 1 rings (SSSR count). The molecule has 0 saturated carbocycles. The molecule has 68 valence electrons. The molecular weight excluding hydrogens is 172 g/mol. The SMILES string of the molecule is CNC1CNC1.O=S(=O)(O)O. The first-order valence-corrected chi connectivity index (χ1v) is 4.41. The van der Waals surface area contributed by atoms with Gasteiger partial charge in [-0.2, -0.15) is 8.42 Å². The number of rotatable bonds is 1. The van der Waals surface area contributed by atoms with Crippen LogP contribution in [0.5, 0.6) is 0 Å². The van der Waals surface area contributed by atoms with Crippen LogP contribution < -0.4 is 10.6 Å². The van der Waals surface area contributed by atoms with Crippen LogP contribution in [0.1, 0.15) is 0 Å². The fraction of sp³-hybridized carbons (Fsp3) is 1.00. The Balaban J connectivity index is 0.000000187. The van der Waals surface area contributed by atoms with Gasteiger partial charge in [-0.15, -0.1) is 0 Å². The topological polar surface area (TPSA) is 98.7 Å². The number of likely N-dealkylation sites (N-methyl/N-ethyl adjacent to an activating group) is 1. The van der Waals surface area contributed by atoms with Gasteiger partial charge in [0.2, 0.25) is 0 Å². The van der Waals surface area contributed by atoms with Crippen LogP contribution in [-0.4, -0.2) is 43.7 Å². The van der Waals surface area contributed by atoms with Gasteiger partial charge >= 0.3 is 10.4 Å². The molecule has 0 bridgehead atoms. The van der Waals surface area contributed by atoms with Crippen molar-refractivity contribution in [2.45, 2.75) is 6.04 Å². The first kappa shape index (κ1) is 10.8. The Labute approximate surface area is 65.6 Å². The maximum atomic E-state index is 8.74. The second-order valence-corrected chi connectivity index (χ2v) is 2.99. The van der Waals surface area contributed by atoms with Crippen molar-refractivity contribution in [2.75, 3.05) is 20.1 Å². The molecule has 0 amide bonds. The molecule has 0 radical (unpaired) electrons. The Morgan fingerprint density at radius 3 is 1.82 bits per heavy atom. The second-order valence-electron chi connectivity index (χ2n) is 2.09. The van der Waals surface area contributed by atoms with Crippen molar-refractivity contribution in [3.63, 3.8) is 0 Å². The molecule has 0 spiro atoms. The fourth-order valence-corrected chi connectivity index (χ4v) is 0.493. The van der Waals surface area contributed by atoms with Gasteiger partial charge in [0, 0.05) is 19.1 Å². The highest BCUT2D eigenvalue weighted by Gasteiger charge is 2.11. The molecule has 0 unspecified atom stereocenters. The van der Waals surface area contributed by atoms with Crippen LogP contribution in [0.4, 0.5) is 0 Å². The third-order valence-electron chi connectivity index (χ3n) is 1.19. The predicted molar refractivity (Wildman–Crippen MR) is 39.9 cm³/mol. The van der Waals surface area contributed by atoms with Crippen LogP contribution in [0.3, 0.4) is 0 Å². The smallest absolute Gasteiger partial charge is 0.315 e. The first-order valence-electron chi connectivity index (χ1n) is 3.01. The standard InChI is InChI=1S/C4H10N2.H2O4S/c1-5-4-2-6-3-4;1-5(2,3)4/h4-6H,2-3H2,1H3;(H2,1,2,3,4). The van der Waals surface area contributed by atoms with Crippen LogP contribution in [0.15, 0.2) is 0 Å². The van der Waals surface area contributed by atoms with Crippen molar-refractivity contribution in [2.24, 2.45) is 0 Å². The number of hydrogen-bond donors (Lipinski definition) is 4. The van der Waals surface area contributed by atoms with E-state index >= 15 is 0 Å². The van der Waals surface area contributed by atoms with E-state index in [9.17, 15) is 0 Å². The van der Waals surface area contributed by atoms with E-state index in [0.29, 0.717) is 0 Å². The average Bonchev–Trinajstić information content (AvgIpc) is 1.55. The van der Waals surface area contributed by atoms with Crippen LogP contribution in [-0.2, 0) is 10.4 Å². The second kappa shape index (κ2) is 4.62. The lowest BCUT2D eigenvalue weighted by Gasteiger charge is -2.25. The predicted octanol–water partition coefficient (Wildman–Crippen LogP) is -1.48. The number of nitrogens with one attached hydrogen (secondary N) is 2. The summed E-state index contributed by atoms with van der Waals surface area (Å²) in [5, 5.41) is 6.29. The lowest BCUT2D eigenvalue weighted by Crippen LogP contribution is -2.54. The molecule has 0 aromatic rings. The van der Waals surface area contributed by atoms with E-state index in [0.717, 1.165) is 19.1 Å². The van der Waals surface area contributed by atoms with Gasteiger partial charge in [0.05, 0.1) is 0 Å². The zero-order valence-electron chi connectivity index (χ0n) is 6.11. The Hall–Kier alpha value is -0.210. The molecule has 7 heteroatoms. The molecule has 1 aliphatic rings. The molecule has 1 aliphatic heterocycles. The lowest BCUT2D eigenvalue weighted by molar-refractivity contribution is 0.381. The van der Waals surface area contributed by atoms with Gasteiger partial charge in [-0.05, 0) is 7.05 Å². The Bertz CT molecular complexity index is 176. The average molecular weight is 184 g/mol. The van der Waals surface area contributed by atoms with E-state index in [1.807, 2.05) is 7.05 Å². The molecule has 4 N–H and O–H groups in total. The summed E-state index contributed by atoms with van der Waals surface area (Å²) in [7, 11) is -2.68. The van der Waals surface area contributed by atoms with Gasteiger partial charge in [-0.1, -0.05) is 0 Å². The van der Waals surface area contributed by atoms with E-state index in [-0.39, 0.29) is 0 Å². The highest BCUT2D eigenvalue weighted by atomic mass is 32.3. The number of hydrogen-bond acceptors (Lipinski definition) is 4. The largest absolute Gasteiger partial charge is 0.394 e. The molecule has 0 aliphatic carbocycles. The maximum absolute atomic E-state index is 8.74. The van der Waals surface area contributed by atoms with Crippen molar-refractivity contribution in [1.82, 2.24) is 10.6 Å². The summed E-state index contributed by atoms with van der Waals surface area (Å²) in [6, 6.07) is 0.755.